The van der Waals surface area contributed by atoms with Crippen molar-refractivity contribution in [3.8, 4) is 5.75 Å². The first-order valence-corrected chi connectivity index (χ1v) is 4.14. The molecule has 2 nitrogen and oxygen atoms in total. The van der Waals surface area contributed by atoms with E-state index in [2.05, 4.69) is 0 Å². The number of hydrogen-bond acceptors (Lipinski definition) is 2. The number of phenols is 1. The van der Waals surface area contributed by atoms with Crippen LogP contribution in [0.5, 0.6) is 5.75 Å². The van der Waals surface area contributed by atoms with E-state index in [-0.39, 0.29) is 11.9 Å². The predicted octanol–water partition coefficient (Wildman–Crippen LogP) is 1.71. The topological polar surface area (TPSA) is 40.5 Å². The van der Waals surface area contributed by atoms with E-state index in [9.17, 15) is 0 Å². The van der Waals surface area contributed by atoms with E-state index < -0.39 is 0 Å². The molecule has 0 unspecified atom stereocenters. The molecular formula is C10H14O2. The molecule has 0 aliphatic carbocycles. The fourth-order valence-corrected chi connectivity index (χ4v) is 1.09. The largest absolute Gasteiger partial charge is 0.508 e. The second-order valence-corrected chi connectivity index (χ2v) is 3.06. The molecule has 1 aromatic carbocycles. The molecule has 0 radical (unpaired) electrons. The molecule has 0 amide bonds. The molecule has 0 aliphatic rings. The monoisotopic (exact) mass is 166 g/mol. The average molecular weight is 166 g/mol. The molecule has 0 spiro atoms. The van der Waals surface area contributed by atoms with E-state index in [4.69, 9.17) is 10.2 Å². The number of benzene rings is 1. The van der Waals surface area contributed by atoms with Gasteiger partial charge < -0.3 is 10.2 Å². The number of aliphatic hydroxyl groups is 1. The Hall–Kier alpha value is -1.02. The molecule has 66 valence electrons. The van der Waals surface area contributed by atoms with Crippen LogP contribution in [0.15, 0.2) is 24.3 Å². The Morgan fingerprint density at radius 1 is 1.42 bits per heavy atom. The molecular weight excluding hydrogens is 152 g/mol. The van der Waals surface area contributed by atoms with Gasteiger partial charge in [-0.05, 0) is 37.5 Å². The normalized spacial score (nSPS) is 12.8. The number of aliphatic hydroxyl groups excluding tert-OH is 1. The van der Waals surface area contributed by atoms with Crippen LogP contribution in [0.3, 0.4) is 0 Å². The van der Waals surface area contributed by atoms with E-state index in [1.165, 1.54) is 0 Å². The van der Waals surface area contributed by atoms with Crippen molar-refractivity contribution in [3.63, 3.8) is 0 Å². The van der Waals surface area contributed by atoms with Gasteiger partial charge in [-0.15, -0.1) is 0 Å². The Kier molecular flexibility index (Phi) is 3.11. The molecule has 0 heterocycles. The Morgan fingerprint density at radius 2 is 2.17 bits per heavy atom. The van der Waals surface area contributed by atoms with E-state index in [0.29, 0.717) is 0 Å². The van der Waals surface area contributed by atoms with Crippen molar-refractivity contribution in [3.05, 3.63) is 29.8 Å². The maximum atomic E-state index is 9.12. The smallest absolute Gasteiger partial charge is 0.115 e. The number of hydrogen-bond donors (Lipinski definition) is 2. The molecule has 0 bridgehead atoms. The van der Waals surface area contributed by atoms with Crippen molar-refractivity contribution in [2.24, 2.45) is 0 Å². The number of aryl methyl sites for hydroxylation is 1. The highest BCUT2D eigenvalue weighted by Crippen LogP contribution is 2.12. The number of aromatic hydroxyl groups is 1. The number of phenolic OH excluding ortho intramolecular Hbond substituents is 1. The van der Waals surface area contributed by atoms with Gasteiger partial charge in [-0.25, -0.2) is 0 Å². The molecule has 0 saturated carbocycles. The third-order valence-electron chi connectivity index (χ3n) is 1.76. The van der Waals surface area contributed by atoms with Crippen LogP contribution >= 0.6 is 0 Å². The zero-order valence-corrected chi connectivity index (χ0v) is 7.20. The molecule has 0 aliphatic heterocycles. The van der Waals surface area contributed by atoms with Crippen LogP contribution in [0.4, 0.5) is 0 Å². The summed E-state index contributed by atoms with van der Waals surface area (Å²) in [6, 6.07) is 7.13. The third-order valence-corrected chi connectivity index (χ3v) is 1.76. The molecule has 0 saturated heterocycles. The molecule has 1 aromatic rings. The third kappa shape index (κ3) is 2.93. The van der Waals surface area contributed by atoms with Crippen LogP contribution in [0.1, 0.15) is 18.9 Å². The lowest BCUT2D eigenvalue weighted by Gasteiger charge is -2.03. The van der Waals surface area contributed by atoms with Crippen LogP contribution in [0.25, 0.3) is 0 Å². The Labute approximate surface area is 72.5 Å². The first-order valence-electron chi connectivity index (χ1n) is 4.14. The van der Waals surface area contributed by atoms with Crippen LogP contribution < -0.4 is 0 Å². The van der Waals surface area contributed by atoms with Gasteiger partial charge in [-0.1, -0.05) is 12.1 Å². The van der Waals surface area contributed by atoms with Crippen LogP contribution in [-0.4, -0.2) is 16.3 Å². The fourth-order valence-electron chi connectivity index (χ4n) is 1.09. The van der Waals surface area contributed by atoms with Gasteiger partial charge in [0.15, 0.2) is 0 Å². The minimum atomic E-state index is -0.271. The second kappa shape index (κ2) is 4.12. The van der Waals surface area contributed by atoms with Gasteiger partial charge in [-0.2, -0.15) is 0 Å². The summed E-state index contributed by atoms with van der Waals surface area (Å²) in [6.45, 7) is 1.77. The molecule has 0 aromatic heterocycles. The summed E-state index contributed by atoms with van der Waals surface area (Å²) >= 11 is 0. The Morgan fingerprint density at radius 3 is 2.75 bits per heavy atom. The van der Waals surface area contributed by atoms with Gasteiger partial charge in [0.2, 0.25) is 0 Å². The lowest BCUT2D eigenvalue weighted by Crippen LogP contribution is -2.00. The molecule has 1 atom stereocenters. The lowest BCUT2D eigenvalue weighted by atomic mass is 10.1. The molecule has 12 heavy (non-hydrogen) atoms. The van der Waals surface area contributed by atoms with Gasteiger partial charge in [0, 0.05) is 0 Å². The number of rotatable bonds is 3. The fraction of sp³-hybridized carbons (Fsp3) is 0.400. The van der Waals surface area contributed by atoms with Crippen molar-refractivity contribution in [2.75, 3.05) is 0 Å². The minimum Gasteiger partial charge on any atom is -0.508 e. The molecule has 2 N–H and O–H groups in total. The summed E-state index contributed by atoms with van der Waals surface area (Å²) in [6.07, 6.45) is 1.28. The van der Waals surface area contributed by atoms with Gasteiger partial charge in [0.05, 0.1) is 6.10 Å². The lowest BCUT2D eigenvalue weighted by molar-refractivity contribution is 0.185. The van der Waals surface area contributed by atoms with Crippen molar-refractivity contribution >= 4 is 0 Å². The highest BCUT2D eigenvalue weighted by atomic mass is 16.3. The SMILES string of the molecule is C[C@H](O)CCc1cccc(O)c1. The molecule has 1 rings (SSSR count). The Bertz CT molecular complexity index is 243. The summed E-state index contributed by atoms with van der Waals surface area (Å²) in [7, 11) is 0. The van der Waals surface area contributed by atoms with Gasteiger partial charge >= 0.3 is 0 Å². The van der Waals surface area contributed by atoms with Crippen LogP contribution in [0.2, 0.25) is 0 Å². The van der Waals surface area contributed by atoms with Gasteiger partial charge in [-0.3, -0.25) is 0 Å². The van der Waals surface area contributed by atoms with Crippen molar-refractivity contribution in [2.45, 2.75) is 25.9 Å². The Balaban J connectivity index is 2.52. The minimum absolute atomic E-state index is 0.271. The summed E-state index contributed by atoms with van der Waals surface area (Å²) in [5.41, 5.74) is 1.07. The summed E-state index contributed by atoms with van der Waals surface area (Å²) < 4.78 is 0. The van der Waals surface area contributed by atoms with E-state index in [1.807, 2.05) is 12.1 Å². The van der Waals surface area contributed by atoms with Gasteiger partial charge in [0.1, 0.15) is 5.75 Å². The molecule has 2 heteroatoms. The van der Waals surface area contributed by atoms with Crippen molar-refractivity contribution in [1.82, 2.24) is 0 Å². The van der Waals surface area contributed by atoms with E-state index in [0.717, 1.165) is 18.4 Å². The summed E-state index contributed by atoms with van der Waals surface area (Å²) in [4.78, 5) is 0. The van der Waals surface area contributed by atoms with Crippen molar-refractivity contribution < 1.29 is 10.2 Å². The second-order valence-electron chi connectivity index (χ2n) is 3.06. The maximum Gasteiger partial charge on any atom is 0.115 e. The zero-order chi connectivity index (χ0) is 8.97. The highest BCUT2D eigenvalue weighted by Gasteiger charge is 1.98. The van der Waals surface area contributed by atoms with Crippen molar-refractivity contribution in [1.29, 1.82) is 0 Å². The first kappa shape index (κ1) is 9.07. The van der Waals surface area contributed by atoms with E-state index in [1.54, 1.807) is 19.1 Å². The van der Waals surface area contributed by atoms with Crippen LogP contribution in [0, 0.1) is 0 Å². The quantitative estimate of drug-likeness (QED) is 0.717. The predicted molar refractivity (Wildman–Crippen MR) is 48.1 cm³/mol. The maximum absolute atomic E-state index is 9.12. The van der Waals surface area contributed by atoms with E-state index >= 15 is 0 Å². The standard InChI is InChI=1S/C10H14O2/c1-8(11)5-6-9-3-2-4-10(12)7-9/h2-4,7-8,11-12H,5-6H2,1H3/t8-/m0/s1. The van der Waals surface area contributed by atoms with Gasteiger partial charge in [0.25, 0.3) is 0 Å². The molecule has 0 fully saturated rings. The highest BCUT2D eigenvalue weighted by molar-refractivity contribution is 5.27. The zero-order valence-electron chi connectivity index (χ0n) is 7.20. The first-order chi connectivity index (χ1) is 5.68. The summed E-state index contributed by atoms with van der Waals surface area (Å²) in [5, 5.41) is 18.1. The summed E-state index contributed by atoms with van der Waals surface area (Å²) in [5.74, 6) is 0.290. The van der Waals surface area contributed by atoms with Crippen LogP contribution in [-0.2, 0) is 6.42 Å². The average Bonchev–Trinajstić information content (AvgIpc) is 2.01.